The maximum absolute atomic E-state index is 13.8. The normalized spacial score (nSPS) is 19.2. The number of hydrogen-bond donors (Lipinski definition) is 1. The number of nitrogens with zero attached hydrogens (tertiary/aromatic N) is 2. The number of nitrogens with one attached hydrogen (secondary N) is 1. The van der Waals surface area contributed by atoms with E-state index < -0.39 is 5.82 Å². The molecule has 1 aliphatic heterocycles. The second-order valence-electron chi connectivity index (χ2n) is 4.98. The topological polar surface area (TPSA) is 51.0 Å². The highest BCUT2D eigenvalue weighted by atomic mass is 35.5. The molecule has 1 aliphatic rings. The minimum atomic E-state index is -0.417. The molecule has 0 aliphatic carbocycles. The Morgan fingerprint density at radius 3 is 3.15 bits per heavy atom. The van der Waals surface area contributed by atoms with Gasteiger partial charge in [0.25, 0.3) is 0 Å². The zero-order valence-corrected chi connectivity index (χ0v) is 11.7. The molecule has 2 aromatic rings. The molecule has 1 aromatic carbocycles. The van der Waals surface area contributed by atoms with Crippen molar-refractivity contribution in [2.45, 2.75) is 25.2 Å². The molecule has 106 valence electrons. The predicted molar refractivity (Wildman–Crippen MR) is 73.4 cm³/mol. The van der Waals surface area contributed by atoms with Crippen molar-refractivity contribution in [3.63, 3.8) is 0 Å². The van der Waals surface area contributed by atoms with Gasteiger partial charge in [0.05, 0.1) is 10.9 Å². The minimum Gasteiger partial charge on any atom is -0.339 e. The Hall–Kier alpha value is -1.46. The van der Waals surface area contributed by atoms with Crippen LogP contribution in [-0.2, 0) is 6.42 Å². The summed E-state index contributed by atoms with van der Waals surface area (Å²) in [5.74, 6) is 0.968. The van der Waals surface area contributed by atoms with Crippen molar-refractivity contribution in [3.05, 3.63) is 46.3 Å². The van der Waals surface area contributed by atoms with Crippen molar-refractivity contribution >= 4 is 11.6 Å². The molecule has 0 bridgehead atoms. The Balaban J connectivity index is 1.75. The van der Waals surface area contributed by atoms with Crippen LogP contribution in [0.4, 0.5) is 4.39 Å². The first kappa shape index (κ1) is 13.5. The lowest BCUT2D eigenvalue weighted by atomic mass is 10.00. The third-order valence-electron chi connectivity index (χ3n) is 3.51. The Labute approximate surface area is 121 Å². The molecule has 0 saturated carbocycles. The molecule has 4 nitrogen and oxygen atoms in total. The average Bonchev–Trinajstić information content (AvgIpc) is 2.93. The molecule has 1 N–H and O–H groups in total. The summed E-state index contributed by atoms with van der Waals surface area (Å²) < 4.78 is 19.1. The SMILES string of the molecule is Fc1c(Cl)cccc1Cc1noc([C@@H]2CCCNC2)n1. The van der Waals surface area contributed by atoms with Crippen LogP contribution in [0.1, 0.15) is 36.0 Å². The second-order valence-corrected chi connectivity index (χ2v) is 5.39. The maximum atomic E-state index is 13.8. The van der Waals surface area contributed by atoms with E-state index >= 15 is 0 Å². The van der Waals surface area contributed by atoms with Crippen molar-refractivity contribution in [2.75, 3.05) is 13.1 Å². The van der Waals surface area contributed by atoms with Gasteiger partial charge in [-0.15, -0.1) is 0 Å². The standard InChI is InChI=1S/C14H15ClFN3O/c15-11-5-1-3-9(13(11)16)7-12-18-14(20-19-12)10-4-2-6-17-8-10/h1,3,5,10,17H,2,4,6-8H2/t10-/m1/s1. The zero-order valence-electron chi connectivity index (χ0n) is 10.9. The summed E-state index contributed by atoms with van der Waals surface area (Å²) in [6.07, 6.45) is 2.43. The summed E-state index contributed by atoms with van der Waals surface area (Å²) in [6.45, 7) is 1.89. The van der Waals surface area contributed by atoms with E-state index in [1.165, 1.54) is 6.07 Å². The van der Waals surface area contributed by atoms with Crippen LogP contribution in [0.15, 0.2) is 22.7 Å². The molecule has 1 saturated heterocycles. The number of hydrogen-bond acceptors (Lipinski definition) is 4. The summed E-state index contributed by atoms with van der Waals surface area (Å²) in [4.78, 5) is 4.37. The molecule has 3 rings (SSSR count). The van der Waals surface area contributed by atoms with Gasteiger partial charge in [-0.05, 0) is 31.0 Å². The number of aromatic nitrogens is 2. The summed E-state index contributed by atoms with van der Waals surface area (Å²) in [7, 11) is 0. The molecule has 0 amide bonds. The third-order valence-corrected chi connectivity index (χ3v) is 3.80. The van der Waals surface area contributed by atoms with E-state index in [4.69, 9.17) is 16.1 Å². The molecule has 1 aromatic heterocycles. The third kappa shape index (κ3) is 2.83. The fourth-order valence-electron chi connectivity index (χ4n) is 2.42. The largest absolute Gasteiger partial charge is 0.339 e. The van der Waals surface area contributed by atoms with Crippen LogP contribution in [0, 0.1) is 5.82 Å². The second kappa shape index (κ2) is 5.89. The lowest BCUT2D eigenvalue weighted by Crippen LogP contribution is -2.28. The van der Waals surface area contributed by atoms with E-state index in [-0.39, 0.29) is 17.4 Å². The molecule has 0 radical (unpaired) electrons. The van der Waals surface area contributed by atoms with E-state index in [1.54, 1.807) is 12.1 Å². The van der Waals surface area contributed by atoms with Gasteiger partial charge in [-0.1, -0.05) is 28.9 Å². The van der Waals surface area contributed by atoms with Crippen LogP contribution < -0.4 is 5.32 Å². The Bertz CT molecular complexity index is 596. The lowest BCUT2D eigenvalue weighted by molar-refractivity contribution is 0.320. The Morgan fingerprint density at radius 1 is 1.45 bits per heavy atom. The first-order chi connectivity index (χ1) is 9.74. The number of piperidine rings is 1. The molecule has 1 atom stereocenters. The Morgan fingerprint density at radius 2 is 2.35 bits per heavy atom. The van der Waals surface area contributed by atoms with E-state index in [2.05, 4.69) is 15.5 Å². The van der Waals surface area contributed by atoms with Crippen LogP contribution in [0.25, 0.3) is 0 Å². The van der Waals surface area contributed by atoms with Crippen LogP contribution in [-0.4, -0.2) is 23.2 Å². The van der Waals surface area contributed by atoms with E-state index in [1.807, 2.05) is 0 Å². The van der Waals surface area contributed by atoms with Gasteiger partial charge in [0.2, 0.25) is 5.89 Å². The van der Waals surface area contributed by atoms with Gasteiger partial charge in [0.15, 0.2) is 5.82 Å². The van der Waals surface area contributed by atoms with E-state index in [0.717, 1.165) is 25.9 Å². The highest BCUT2D eigenvalue weighted by molar-refractivity contribution is 6.30. The first-order valence-electron chi connectivity index (χ1n) is 6.70. The summed E-state index contributed by atoms with van der Waals surface area (Å²) in [5.41, 5.74) is 0.478. The van der Waals surface area contributed by atoms with Gasteiger partial charge in [-0.25, -0.2) is 4.39 Å². The molecule has 20 heavy (non-hydrogen) atoms. The monoisotopic (exact) mass is 295 g/mol. The summed E-state index contributed by atoms with van der Waals surface area (Å²) >= 11 is 5.76. The van der Waals surface area contributed by atoms with Crippen molar-refractivity contribution in [2.24, 2.45) is 0 Å². The molecule has 6 heteroatoms. The minimum absolute atomic E-state index is 0.114. The van der Waals surface area contributed by atoms with E-state index in [9.17, 15) is 4.39 Å². The highest BCUT2D eigenvalue weighted by Gasteiger charge is 2.21. The van der Waals surface area contributed by atoms with Gasteiger partial charge >= 0.3 is 0 Å². The highest BCUT2D eigenvalue weighted by Crippen LogP contribution is 2.23. The number of rotatable bonds is 3. The van der Waals surface area contributed by atoms with Gasteiger partial charge in [0.1, 0.15) is 5.82 Å². The molecule has 0 spiro atoms. The van der Waals surface area contributed by atoms with Crippen molar-refractivity contribution in [3.8, 4) is 0 Å². The zero-order chi connectivity index (χ0) is 13.9. The predicted octanol–water partition coefficient (Wildman–Crippen LogP) is 2.92. The van der Waals surface area contributed by atoms with Gasteiger partial charge in [-0.2, -0.15) is 4.98 Å². The fraction of sp³-hybridized carbons (Fsp3) is 0.429. The molecular formula is C14H15ClFN3O. The van der Waals surface area contributed by atoms with Gasteiger partial charge < -0.3 is 9.84 Å². The van der Waals surface area contributed by atoms with Crippen LogP contribution >= 0.6 is 11.6 Å². The maximum Gasteiger partial charge on any atom is 0.231 e. The lowest BCUT2D eigenvalue weighted by Gasteiger charge is -2.18. The summed E-state index contributed by atoms with van der Waals surface area (Å²) in [6, 6.07) is 4.92. The molecular weight excluding hydrogens is 281 g/mol. The van der Waals surface area contributed by atoms with Crippen molar-refractivity contribution < 1.29 is 8.91 Å². The van der Waals surface area contributed by atoms with Gasteiger partial charge in [0, 0.05) is 13.0 Å². The molecule has 0 unspecified atom stereocenters. The van der Waals surface area contributed by atoms with E-state index in [0.29, 0.717) is 17.3 Å². The first-order valence-corrected chi connectivity index (χ1v) is 7.08. The molecule has 2 heterocycles. The Kier molecular flexibility index (Phi) is 3.98. The van der Waals surface area contributed by atoms with Crippen LogP contribution in [0.3, 0.4) is 0 Å². The summed E-state index contributed by atoms with van der Waals surface area (Å²) in [5, 5.41) is 7.35. The average molecular weight is 296 g/mol. The fourth-order valence-corrected chi connectivity index (χ4v) is 2.62. The quantitative estimate of drug-likeness (QED) is 0.946. The van der Waals surface area contributed by atoms with Crippen molar-refractivity contribution in [1.29, 1.82) is 0 Å². The number of benzene rings is 1. The van der Waals surface area contributed by atoms with Crippen molar-refractivity contribution in [1.82, 2.24) is 15.5 Å². The number of halogens is 2. The van der Waals surface area contributed by atoms with Crippen LogP contribution in [0.5, 0.6) is 0 Å². The van der Waals surface area contributed by atoms with Crippen LogP contribution in [0.2, 0.25) is 5.02 Å². The van der Waals surface area contributed by atoms with Gasteiger partial charge in [-0.3, -0.25) is 0 Å². The smallest absolute Gasteiger partial charge is 0.231 e. The molecule has 1 fully saturated rings.